The van der Waals surface area contributed by atoms with E-state index in [1.807, 2.05) is 24.2 Å². The molecule has 1 N–H and O–H groups in total. The van der Waals surface area contributed by atoms with E-state index in [4.69, 9.17) is 0 Å². The number of nitrogens with zero attached hydrogens (tertiary/aromatic N) is 4. The quantitative estimate of drug-likeness (QED) is 0.745. The molecule has 1 amide bonds. The van der Waals surface area contributed by atoms with E-state index in [0.29, 0.717) is 11.6 Å². The van der Waals surface area contributed by atoms with Crippen LogP contribution in [0, 0.1) is 6.92 Å². The summed E-state index contributed by atoms with van der Waals surface area (Å²) in [5.41, 5.74) is 3.13. The first-order valence-corrected chi connectivity index (χ1v) is 9.73. The van der Waals surface area contributed by atoms with Gasteiger partial charge in [-0.1, -0.05) is 18.2 Å². The number of para-hydroxylation sites is 1. The lowest BCUT2D eigenvalue weighted by Crippen LogP contribution is -2.44. The number of aryl methyl sites for hydroxylation is 1. The molecule has 0 aliphatic carbocycles. The van der Waals surface area contributed by atoms with Crippen LogP contribution in [0.15, 0.2) is 61.2 Å². The van der Waals surface area contributed by atoms with Crippen LogP contribution >= 0.6 is 0 Å². The third kappa shape index (κ3) is 3.97. The van der Waals surface area contributed by atoms with Crippen LogP contribution in [0.3, 0.4) is 0 Å². The SMILES string of the molecule is Cc1nccn1-c1ccccc1CNC1CCN(C(=O)c2ccncc2)CC1. The first-order chi connectivity index (χ1) is 13.7. The van der Waals surface area contributed by atoms with Gasteiger partial charge in [-0.15, -0.1) is 0 Å². The van der Waals surface area contributed by atoms with E-state index >= 15 is 0 Å². The van der Waals surface area contributed by atoms with Crippen molar-refractivity contribution < 1.29 is 4.79 Å². The summed E-state index contributed by atoms with van der Waals surface area (Å²) < 4.78 is 2.12. The van der Waals surface area contributed by atoms with Crippen LogP contribution in [-0.4, -0.2) is 44.5 Å². The van der Waals surface area contributed by atoms with Crippen LogP contribution < -0.4 is 5.32 Å². The van der Waals surface area contributed by atoms with Crippen molar-refractivity contribution in [3.05, 3.63) is 78.1 Å². The van der Waals surface area contributed by atoms with Crippen molar-refractivity contribution in [3.63, 3.8) is 0 Å². The highest BCUT2D eigenvalue weighted by atomic mass is 16.2. The van der Waals surface area contributed by atoms with Gasteiger partial charge in [0.2, 0.25) is 0 Å². The van der Waals surface area contributed by atoms with E-state index in [-0.39, 0.29) is 5.91 Å². The molecule has 3 heterocycles. The van der Waals surface area contributed by atoms with E-state index in [9.17, 15) is 4.79 Å². The molecule has 144 valence electrons. The third-order valence-electron chi connectivity index (χ3n) is 5.37. The van der Waals surface area contributed by atoms with E-state index in [1.165, 1.54) is 5.56 Å². The van der Waals surface area contributed by atoms with Gasteiger partial charge in [-0.25, -0.2) is 4.98 Å². The minimum absolute atomic E-state index is 0.0989. The Hall–Kier alpha value is -2.99. The fraction of sp³-hybridized carbons (Fsp3) is 0.318. The highest BCUT2D eigenvalue weighted by Gasteiger charge is 2.23. The number of imidazole rings is 1. The Bertz CT molecular complexity index is 929. The van der Waals surface area contributed by atoms with Crippen molar-refractivity contribution in [1.82, 2.24) is 24.8 Å². The van der Waals surface area contributed by atoms with Crippen LogP contribution in [0.25, 0.3) is 5.69 Å². The lowest BCUT2D eigenvalue weighted by atomic mass is 10.0. The molecule has 0 unspecified atom stereocenters. The van der Waals surface area contributed by atoms with Gasteiger partial charge in [0, 0.05) is 56.0 Å². The molecule has 1 fully saturated rings. The molecule has 1 aliphatic heterocycles. The molecule has 6 nitrogen and oxygen atoms in total. The molecule has 0 bridgehead atoms. The molecule has 0 radical (unpaired) electrons. The number of hydrogen-bond acceptors (Lipinski definition) is 4. The number of amides is 1. The molecule has 1 saturated heterocycles. The second-order valence-electron chi connectivity index (χ2n) is 7.16. The predicted molar refractivity (Wildman–Crippen MR) is 108 cm³/mol. The van der Waals surface area contributed by atoms with Crippen molar-refractivity contribution in [3.8, 4) is 5.69 Å². The fourth-order valence-corrected chi connectivity index (χ4v) is 3.75. The van der Waals surface area contributed by atoms with Gasteiger partial charge >= 0.3 is 0 Å². The van der Waals surface area contributed by atoms with Crippen molar-refractivity contribution in [1.29, 1.82) is 0 Å². The summed E-state index contributed by atoms with van der Waals surface area (Å²) in [4.78, 5) is 22.8. The highest BCUT2D eigenvalue weighted by molar-refractivity contribution is 5.94. The van der Waals surface area contributed by atoms with Crippen molar-refractivity contribution >= 4 is 5.91 Å². The normalized spacial score (nSPS) is 15.0. The first kappa shape index (κ1) is 18.4. The van der Waals surface area contributed by atoms with Crippen molar-refractivity contribution in [2.45, 2.75) is 32.4 Å². The maximum atomic E-state index is 12.6. The molecule has 4 rings (SSSR count). The average molecular weight is 375 g/mol. The minimum Gasteiger partial charge on any atom is -0.339 e. The number of carbonyl (C=O) groups is 1. The number of aromatic nitrogens is 3. The first-order valence-electron chi connectivity index (χ1n) is 9.73. The Labute approximate surface area is 165 Å². The molecule has 3 aromatic rings. The van der Waals surface area contributed by atoms with E-state index < -0.39 is 0 Å². The van der Waals surface area contributed by atoms with Gasteiger partial charge < -0.3 is 14.8 Å². The zero-order valence-electron chi connectivity index (χ0n) is 16.1. The zero-order valence-corrected chi connectivity index (χ0v) is 16.1. The summed E-state index contributed by atoms with van der Waals surface area (Å²) in [6.07, 6.45) is 9.08. The van der Waals surface area contributed by atoms with E-state index in [2.05, 4.69) is 44.1 Å². The molecule has 0 saturated carbocycles. The standard InChI is InChI=1S/C22H25N5O/c1-17-24-12-15-27(17)21-5-3-2-4-19(21)16-25-20-8-13-26(14-9-20)22(28)18-6-10-23-11-7-18/h2-7,10-12,15,20,25H,8-9,13-14,16H2,1H3. The predicted octanol–water partition coefficient (Wildman–Crippen LogP) is 2.97. The largest absolute Gasteiger partial charge is 0.339 e. The van der Waals surface area contributed by atoms with Crippen LogP contribution in [0.2, 0.25) is 0 Å². The number of benzene rings is 1. The minimum atomic E-state index is 0.0989. The number of rotatable bonds is 5. The zero-order chi connectivity index (χ0) is 19.3. The maximum Gasteiger partial charge on any atom is 0.253 e. The van der Waals surface area contributed by atoms with Gasteiger partial charge in [0.05, 0.1) is 5.69 Å². The lowest BCUT2D eigenvalue weighted by Gasteiger charge is -2.32. The van der Waals surface area contributed by atoms with Crippen LogP contribution in [0.4, 0.5) is 0 Å². The smallest absolute Gasteiger partial charge is 0.253 e. The highest BCUT2D eigenvalue weighted by Crippen LogP contribution is 2.18. The topological polar surface area (TPSA) is 63.1 Å². The van der Waals surface area contributed by atoms with Crippen LogP contribution in [0.5, 0.6) is 0 Å². The number of pyridine rings is 1. The monoisotopic (exact) mass is 375 g/mol. The Morgan fingerprint density at radius 2 is 1.86 bits per heavy atom. The van der Waals surface area contributed by atoms with Gasteiger partial charge in [-0.3, -0.25) is 9.78 Å². The van der Waals surface area contributed by atoms with Crippen LogP contribution in [-0.2, 0) is 6.54 Å². The number of carbonyl (C=O) groups excluding carboxylic acids is 1. The maximum absolute atomic E-state index is 12.6. The van der Waals surface area contributed by atoms with E-state index in [1.54, 1.807) is 24.5 Å². The molecule has 0 spiro atoms. The number of piperidine rings is 1. The fourth-order valence-electron chi connectivity index (χ4n) is 3.75. The summed E-state index contributed by atoms with van der Waals surface area (Å²) in [5, 5.41) is 3.68. The lowest BCUT2D eigenvalue weighted by molar-refractivity contribution is 0.0704. The summed E-state index contributed by atoms with van der Waals surface area (Å²) in [6.45, 7) is 4.37. The van der Waals surface area contributed by atoms with Crippen LogP contribution in [0.1, 0.15) is 34.6 Å². The molecule has 28 heavy (non-hydrogen) atoms. The van der Waals surface area contributed by atoms with Crippen molar-refractivity contribution in [2.24, 2.45) is 0 Å². The molecular formula is C22H25N5O. The molecule has 2 aromatic heterocycles. The van der Waals surface area contributed by atoms with E-state index in [0.717, 1.165) is 44.0 Å². The molecule has 6 heteroatoms. The second kappa shape index (κ2) is 8.35. The van der Waals surface area contributed by atoms with Gasteiger partial charge in [0.1, 0.15) is 5.82 Å². The second-order valence-corrected chi connectivity index (χ2v) is 7.16. The Kier molecular flexibility index (Phi) is 5.48. The summed E-state index contributed by atoms with van der Waals surface area (Å²) in [5.74, 6) is 1.08. The Morgan fingerprint density at radius 1 is 1.11 bits per heavy atom. The number of hydrogen-bond donors (Lipinski definition) is 1. The third-order valence-corrected chi connectivity index (χ3v) is 5.37. The summed E-state index contributed by atoms with van der Waals surface area (Å²) in [6, 6.07) is 12.4. The Balaban J connectivity index is 1.34. The molecule has 0 atom stereocenters. The molecule has 1 aliphatic rings. The van der Waals surface area contributed by atoms with Gasteiger partial charge in [-0.05, 0) is 43.5 Å². The Morgan fingerprint density at radius 3 is 2.57 bits per heavy atom. The van der Waals surface area contributed by atoms with Gasteiger partial charge in [0.25, 0.3) is 5.91 Å². The summed E-state index contributed by atoms with van der Waals surface area (Å²) in [7, 11) is 0. The number of nitrogens with one attached hydrogen (secondary N) is 1. The van der Waals surface area contributed by atoms with Crippen molar-refractivity contribution in [2.75, 3.05) is 13.1 Å². The van der Waals surface area contributed by atoms with Gasteiger partial charge in [0.15, 0.2) is 0 Å². The average Bonchev–Trinajstić information content (AvgIpc) is 3.18. The van der Waals surface area contributed by atoms with Gasteiger partial charge in [-0.2, -0.15) is 0 Å². The molecule has 1 aromatic carbocycles. The summed E-state index contributed by atoms with van der Waals surface area (Å²) >= 11 is 0. The number of likely N-dealkylation sites (tertiary alicyclic amines) is 1. The molecular weight excluding hydrogens is 350 g/mol.